The maximum atomic E-state index is 9.21. The Hall–Kier alpha value is -2.34. The van der Waals surface area contributed by atoms with Gasteiger partial charge in [0.1, 0.15) is 12.0 Å². The van der Waals surface area contributed by atoms with E-state index in [0.29, 0.717) is 18.1 Å². The summed E-state index contributed by atoms with van der Waals surface area (Å²) in [4.78, 5) is 12.9. The van der Waals surface area contributed by atoms with E-state index >= 15 is 0 Å². The van der Waals surface area contributed by atoms with Gasteiger partial charge in [-0.15, -0.1) is 0 Å². The summed E-state index contributed by atoms with van der Waals surface area (Å²) in [7, 11) is 0. The van der Waals surface area contributed by atoms with Gasteiger partial charge in [-0.25, -0.2) is 9.97 Å². The van der Waals surface area contributed by atoms with Crippen molar-refractivity contribution >= 4 is 17.3 Å². The number of nitrogens with zero attached hydrogens (tertiary/aromatic N) is 4. The minimum atomic E-state index is 0.0731. The second-order valence-electron chi connectivity index (χ2n) is 5.68. The van der Waals surface area contributed by atoms with Gasteiger partial charge in [-0.1, -0.05) is 24.3 Å². The Morgan fingerprint density at radius 3 is 2.78 bits per heavy atom. The minimum absolute atomic E-state index is 0.0731. The van der Waals surface area contributed by atoms with E-state index in [2.05, 4.69) is 39.1 Å². The van der Waals surface area contributed by atoms with Gasteiger partial charge in [0.25, 0.3) is 0 Å². The van der Waals surface area contributed by atoms with Crippen LogP contribution in [0.4, 0.5) is 17.3 Å². The Kier molecular flexibility index (Phi) is 4.62. The van der Waals surface area contributed by atoms with E-state index in [-0.39, 0.29) is 6.61 Å². The molecule has 0 unspecified atom stereocenters. The fourth-order valence-corrected chi connectivity index (χ4v) is 3.09. The average molecular weight is 313 g/mol. The highest BCUT2D eigenvalue weighted by molar-refractivity contribution is 5.76. The van der Waals surface area contributed by atoms with Crippen LogP contribution in [0.1, 0.15) is 18.1 Å². The number of benzene rings is 1. The van der Waals surface area contributed by atoms with Gasteiger partial charge < -0.3 is 20.6 Å². The summed E-state index contributed by atoms with van der Waals surface area (Å²) >= 11 is 0. The van der Waals surface area contributed by atoms with Crippen LogP contribution in [0.15, 0.2) is 30.6 Å². The topological polar surface area (TPSA) is 78.5 Å². The molecule has 6 heteroatoms. The summed E-state index contributed by atoms with van der Waals surface area (Å²) in [5, 5.41) is 9.21. The number of hydrogen-bond donors (Lipinski definition) is 2. The van der Waals surface area contributed by atoms with Crippen LogP contribution in [-0.2, 0) is 13.0 Å². The van der Waals surface area contributed by atoms with Crippen molar-refractivity contribution in [3.8, 4) is 0 Å². The first-order valence-electron chi connectivity index (χ1n) is 8.02. The Morgan fingerprint density at radius 2 is 2.04 bits per heavy atom. The van der Waals surface area contributed by atoms with Crippen molar-refractivity contribution in [1.29, 1.82) is 0 Å². The molecule has 1 aromatic carbocycles. The molecule has 2 heterocycles. The maximum absolute atomic E-state index is 9.21. The number of aliphatic hydroxyl groups excluding tert-OH is 1. The first-order chi connectivity index (χ1) is 11.2. The molecule has 1 aliphatic rings. The van der Waals surface area contributed by atoms with Gasteiger partial charge in [0, 0.05) is 26.2 Å². The molecule has 0 fully saturated rings. The molecular weight excluding hydrogens is 290 g/mol. The average Bonchev–Trinajstić information content (AvgIpc) is 2.60. The maximum Gasteiger partial charge on any atom is 0.157 e. The Bertz CT molecular complexity index is 676. The lowest BCUT2D eigenvalue weighted by Gasteiger charge is -2.32. The molecule has 3 rings (SSSR count). The molecule has 0 saturated heterocycles. The molecule has 23 heavy (non-hydrogen) atoms. The zero-order chi connectivity index (χ0) is 16.2. The van der Waals surface area contributed by atoms with Crippen molar-refractivity contribution in [2.75, 3.05) is 41.8 Å². The van der Waals surface area contributed by atoms with Crippen molar-refractivity contribution in [3.63, 3.8) is 0 Å². The van der Waals surface area contributed by atoms with Gasteiger partial charge in [-0.2, -0.15) is 0 Å². The lowest BCUT2D eigenvalue weighted by Crippen LogP contribution is -2.33. The fourth-order valence-electron chi connectivity index (χ4n) is 3.09. The van der Waals surface area contributed by atoms with E-state index in [0.717, 1.165) is 31.9 Å². The van der Waals surface area contributed by atoms with Crippen molar-refractivity contribution in [3.05, 3.63) is 41.7 Å². The zero-order valence-electron chi connectivity index (χ0n) is 13.4. The number of rotatable bonds is 5. The quantitative estimate of drug-likeness (QED) is 0.869. The molecule has 0 bridgehead atoms. The second-order valence-corrected chi connectivity index (χ2v) is 5.68. The number of hydrogen-bond acceptors (Lipinski definition) is 6. The first-order valence-corrected chi connectivity index (χ1v) is 8.02. The SMILES string of the molecule is CCN(CCO)c1ncnc(N2CCc3ccccc3C2)c1N. The van der Waals surface area contributed by atoms with Crippen LogP contribution in [0.3, 0.4) is 0 Å². The number of nitrogens with two attached hydrogens (primary N) is 1. The summed E-state index contributed by atoms with van der Waals surface area (Å²) in [6.07, 6.45) is 2.55. The van der Waals surface area contributed by atoms with Crippen LogP contribution in [0.5, 0.6) is 0 Å². The lowest BCUT2D eigenvalue weighted by atomic mass is 10.00. The van der Waals surface area contributed by atoms with E-state index in [1.807, 2.05) is 11.8 Å². The molecule has 0 amide bonds. The largest absolute Gasteiger partial charge is 0.395 e. The normalized spacial score (nSPS) is 13.7. The molecule has 1 aliphatic heterocycles. The van der Waals surface area contributed by atoms with Gasteiger partial charge in [0.05, 0.1) is 6.61 Å². The van der Waals surface area contributed by atoms with Gasteiger partial charge in [0.2, 0.25) is 0 Å². The molecule has 0 atom stereocenters. The number of likely N-dealkylation sites (N-methyl/N-ethyl adjacent to an activating group) is 1. The number of aliphatic hydroxyl groups is 1. The van der Waals surface area contributed by atoms with E-state index in [9.17, 15) is 5.11 Å². The molecule has 0 spiro atoms. The summed E-state index contributed by atoms with van der Waals surface area (Å²) < 4.78 is 0. The molecular formula is C17H23N5O. The second kappa shape index (κ2) is 6.83. The highest BCUT2D eigenvalue weighted by atomic mass is 16.3. The van der Waals surface area contributed by atoms with Gasteiger partial charge in [0.15, 0.2) is 11.6 Å². The molecule has 0 radical (unpaired) electrons. The molecule has 1 aromatic heterocycles. The summed E-state index contributed by atoms with van der Waals surface area (Å²) in [5.74, 6) is 1.48. The molecule has 6 nitrogen and oxygen atoms in total. The summed E-state index contributed by atoms with van der Waals surface area (Å²) in [6, 6.07) is 8.49. The van der Waals surface area contributed by atoms with Crippen LogP contribution in [0.25, 0.3) is 0 Å². The highest BCUT2D eigenvalue weighted by Gasteiger charge is 2.22. The minimum Gasteiger partial charge on any atom is -0.395 e. The predicted molar refractivity (Wildman–Crippen MR) is 92.6 cm³/mol. The van der Waals surface area contributed by atoms with Crippen molar-refractivity contribution in [1.82, 2.24) is 9.97 Å². The van der Waals surface area contributed by atoms with Crippen LogP contribution >= 0.6 is 0 Å². The number of anilines is 3. The number of fused-ring (bicyclic) bond motifs is 1. The Morgan fingerprint density at radius 1 is 1.26 bits per heavy atom. The molecule has 2 aromatic rings. The number of aromatic nitrogens is 2. The Balaban J connectivity index is 1.89. The zero-order valence-corrected chi connectivity index (χ0v) is 13.4. The van der Waals surface area contributed by atoms with Crippen molar-refractivity contribution < 1.29 is 5.11 Å². The Labute approximate surface area is 136 Å². The fraction of sp³-hybridized carbons (Fsp3) is 0.412. The molecule has 0 saturated carbocycles. The van der Waals surface area contributed by atoms with E-state index in [1.165, 1.54) is 11.1 Å². The van der Waals surface area contributed by atoms with Gasteiger partial charge in [-0.3, -0.25) is 0 Å². The first kappa shape index (κ1) is 15.6. The van der Waals surface area contributed by atoms with Crippen molar-refractivity contribution in [2.24, 2.45) is 0 Å². The predicted octanol–water partition coefficient (Wildman–Crippen LogP) is 1.44. The standard InChI is InChI=1S/C17H23N5O/c1-2-21(9-10-23)16-15(18)17(20-12-19-16)22-8-7-13-5-3-4-6-14(13)11-22/h3-6,12,23H,2,7-11,18H2,1H3. The summed E-state index contributed by atoms with van der Waals surface area (Å²) in [5.41, 5.74) is 9.65. The lowest BCUT2D eigenvalue weighted by molar-refractivity contribution is 0.302. The van der Waals surface area contributed by atoms with Gasteiger partial charge >= 0.3 is 0 Å². The molecule has 122 valence electrons. The van der Waals surface area contributed by atoms with Crippen LogP contribution < -0.4 is 15.5 Å². The van der Waals surface area contributed by atoms with Crippen LogP contribution in [-0.4, -0.2) is 41.3 Å². The molecule has 0 aliphatic carbocycles. The van der Waals surface area contributed by atoms with E-state index in [1.54, 1.807) is 6.33 Å². The van der Waals surface area contributed by atoms with Crippen molar-refractivity contribution in [2.45, 2.75) is 19.9 Å². The van der Waals surface area contributed by atoms with Gasteiger partial charge in [-0.05, 0) is 24.5 Å². The molecule has 3 N–H and O–H groups in total. The monoisotopic (exact) mass is 313 g/mol. The third-order valence-corrected chi connectivity index (χ3v) is 4.32. The highest BCUT2D eigenvalue weighted by Crippen LogP contribution is 2.31. The smallest absolute Gasteiger partial charge is 0.157 e. The summed E-state index contributed by atoms with van der Waals surface area (Å²) in [6.45, 7) is 5.05. The third-order valence-electron chi connectivity index (χ3n) is 4.32. The third kappa shape index (κ3) is 3.07. The van der Waals surface area contributed by atoms with Crippen LogP contribution in [0, 0.1) is 0 Å². The van der Waals surface area contributed by atoms with E-state index in [4.69, 9.17) is 5.73 Å². The van der Waals surface area contributed by atoms with E-state index < -0.39 is 0 Å². The van der Waals surface area contributed by atoms with Crippen LogP contribution in [0.2, 0.25) is 0 Å². The number of nitrogen functional groups attached to an aromatic ring is 1.